The number of halogens is 1. The number of hydrogen-bond acceptors (Lipinski definition) is 4. The number of anilines is 1. The van der Waals surface area contributed by atoms with Crippen molar-refractivity contribution in [2.24, 2.45) is 5.92 Å². The van der Waals surface area contributed by atoms with Gasteiger partial charge in [0.2, 0.25) is 5.91 Å². The van der Waals surface area contributed by atoms with Gasteiger partial charge in [-0.05, 0) is 12.8 Å². The third-order valence-corrected chi connectivity index (χ3v) is 3.22. The first-order valence-electron chi connectivity index (χ1n) is 6.84. The molecule has 118 valence electrons. The van der Waals surface area contributed by atoms with Gasteiger partial charge in [0.25, 0.3) is 0 Å². The van der Waals surface area contributed by atoms with Crippen molar-refractivity contribution in [1.82, 2.24) is 5.32 Å². The average Bonchev–Trinajstić information content (AvgIpc) is 2.45. The van der Waals surface area contributed by atoms with Crippen LogP contribution in [0.3, 0.4) is 0 Å². The average molecular weight is 315 g/mol. The van der Waals surface area contributed by atoms with Gasteiger partial charge in [-0.3, -0.25) is 4.79 Å². The second-order valence-corrected chi connectivity index (χ2v) is 5.60. The van der Waals surface area contributed by atoms with E-state index in [2.05, 4.69) is 10.6 Å². The Hall–Kier alpha value is -1.62. The summed E-state index contributed by atoms with van der Waals surface area (Å²) in [4.78, 5) is 12.0. The number of hydrogen-bond donors (Lipinski definition) is 2. The van der Waals surface area contributed by atoms with Gasteiger partial charge < -0.3 is 20.1 Å². The summed E-state index contributed by atoms with van der Waals surface area (Å²) in [6.45, 7) is 6.53. The molecule has 6 heteroatoms. The predicted molar refractivity (Wildman–Crippen MR) is 85.5 cm³/mol. The number of amides is 1. The molecule has 0 aliphatic heterocycles. The minimum absolute atomic E-state index is 0.0698. The van der Waals surface area contributed by atoms with E-state index in [1.807, 2.05) is 13.8 Å². The summed E-state index contributed by atoms with van der Waals surface area (Å²) in [5.74, 6) is 1.42. The van der Waals surface area contributed by atoms with Crippen molar-refractivity contribution in [2.75, 3.05) is 26.1 Å². The lowest BCUT2D eigenvalue weighted by Crippen LogP contribution is -2.39. The summed E-state index contributed by atoms with van der Waals surface area (Å²) < 4.78 is 10.4. The van der Waals surface area contributed by atoms with Crippen LogP contribution < -0.4 is 20.1 Å². The van der Waals surface area contributed by atoms with Gasteiger partial charge in [0.05, 0.1) is 24.9 Å². The number of rotatable bonds is 7. The first-order valence-corrected chi connectivity index (χ1v) is 7.22. The molecule has 1 aromatic rings. The molecule has 0 fully saturated rings. The molecule has 0 aliphatic rings. The molecule has 0 aliphatic carbocycles. The third-order valence-electron chi connectivity index (χ3n) is 2.92. The molecule has 0 bridgehead atoms. The van der Waals surface area contributed by atoms with Gasteiger partial charge in [0.1, 0.15) is 17.5 Å². The Morgan fingerprint density at radius 1 is 1.19 bits per heavy atom. The van der Waals surface area contributed by atoms with E-state index < -0.39 is 6.04 Å². The van der Waals surface area contributed by atoms with Gasteiger partial charge in [-0.1, -0.05) is 25.4 Å². The van der Waals surface area contributed by atoms with Crippen molar-refractivity contribution in [2.45, 2.75) is 26.8 Å². The van der Waals surface area contributed by atoms with Crippen LogP contribution in [0.25, 0.3) is 0 Å². The summed E-state index contributed by atoms with van der Waals surface area (Å²) in [5.41, 5.74) is 0.658. The Bertz CT molecular complexity index is 492. The zero-order chi connectivity index (χ0) is 16.0. The number of methoxy groups -OCH3 is 2. The van der Waals surface area contributed by atoms with E-state index in [0.29, 0.717) is 34.7 Å². The lowest BCUT2D eigenvalue weighted by molar-refractivity contribution is -0.121. The Morgan fingerprint density at radius 3 is 2.33 bits per heavy atom. The van der Waals surface area contributed by atoms with E-state index >= 15 is 0 Å². The zero-order valence-electron chi connectivity index (χ0n) is 13.1. The van der Waals surface area contributed by atoms with Crippen molar-refractivity contribution < 1.29 is 14.3 Å². The van der Waals surface area contributed by atoms with Crippen LogP contribution in [-0.2, 0) is 4.79 Å². The van der Waals surface area contributed by atoms with E-state index in [4.69, 9.17) is 21.1 Å². The molecule has 0 heterocycles. The summed E-state index contributed by atoms with van der Waals surface area (Å²) in [6, 6.07) is 2.97. The van der Waals surface area contributed by atoms with Crippen LogP contribution in [0.5, 0.6) is 11.5 Å². The molecule has 0 spiro atoms. The molecule has 2 N–H and O–H groups in total. The van der Waals surface area contributed by atoms with E-state index in [-0.39, 0.29) is 5.91 Å². The van der Waals surface area contributed by atoms with Crippen molar-refractivity contribution >= 4 is 23.2 Å². The lowest BCUT2D eigenvalue weighted by Gasteiger charge is -2.19. The normalized spacial score (nSPS) is 12.0. The van der Waals surface area contributed by atoms with Crippen LogP contribution in [0, 0.1) is 5.92 Å². The fraction of sp³-hybridized carbons (Fsp3) is 0.533. The van der Waals surface area contributed by atoms with Crippen LogP contribution in [-0.4, -0.2) is 32.7 Å². The van der Waals surface area contributed by atoms with Gasteiger partial charge in [0, 0.05) is 18.7 Å². The molecule has 0 saturated carbocycles. The molecule has 0 radical (unpaired) electrons. The van der Waals surface area contributed by atoms with Gasteiger partial charge in [0.15, 0.2) is 0 Å². The van der Waals surface area contributed by atoms with Crippen molar-refractivity contribution in [3.8, 4) is 11.5 Å². The zero-order valence-corrected chi connectivity index (χ0v) is 13.9. The molecular weight excluding hydrogens is 292 g/mol. The standard InChI is InChI=1S/C15H23ClN2O3/c1-9(2)8-17-15(19)10(3)18-12-7-13(20-4)11(16)6-14(12)21-5/h6-7,9-10,18H,8H2,1-5H3,(H,17,19). The van der Waals surface area contributed by atoms with E-state index in [1.54, 1.807) is 26.2 Å². The molecule has 1 unspecified atom stereocenters. The molecule has 1 rings (SSSR count). The summed E-state index contributed by atoms with van der Waals surface area (Å²) in [5, 5.41) is 6.45. The van der Waals surface area contributed by atoms with Gasteiger partial charge in [-0.25, -0.2) is 0 Å². The molecule has 1 aromatic carbocycles. The smallest absolute Gasteiger partial charge is 0.242 e. The molecule has 21 heavy (non-hydrogen) atoms. The molecule has 0 saturated heterocycles. The first kappa shape index (κ1) is 17.4. The molecule has 1 amide bonds. The number of carbonyl (C=O) groups is 1. The van der Waals surface area contributed by atoms with Gasteiger partial charge in [-0.15, -0.1) is 0 Å². The number of benzene rings is 1. The predicted octanol–water partition coefficient (Wildman–Crippen LogP) is 2.93. The fourth-order valence-corrected chi connectivity index (χ4v) is 1.96. The van der Waals surface area contributed by atoms with E-state index in [9.17, 15) is 4.79 Å². The van der Waals surface area contributed by atoms with Crippen LogP contribution >= 0.6 is 11.6 Å². The monoisotopic (exact) mass is 314 g/mol. The van der Waals surface area contributed by atoms with Crippen molar-refractivity contribution in [3.63, 3.8) is 0 Å². The maximum atomic E-state index is 12.0. The minimum atomic E-state index is -0.400. The summed E-state index contributed by atoms with van der Waals surface area (Å²) in [6.07, 6.45) is 0. The summed E-state index contributed by atoms with van der Waals surface area (Å²) in [7, 11) is 3.09. The number of ether oxygens (including phenoxy) is 2. The Labute approximate surface area is 131 Å². The maximum Gasteiger partial charge on any atom is 0.242 e. The Balaban J connectivity index is 2.83. The summed E-state index contributed by atoms with van der Waals surface area (Å²) >= 11 is 6.05. The topological polar surface area (TPSA) is 59.6 Å². The second-order valence-electron chi connectivity index (χ2n) is 5.19. The maximum absolute atomic E-state index is 12.0. The van der Waals surface area contributed by atoms with Crippen LogP contribution in [0.1, 0.15) is 20.8 Å². The van der Waals surface area contributed by atoms with Gasteiger partial charge in [-0.2, -0.15) is 0 Å². The Kier molecular flexibility index (Phi) is 6.62. The van der Waals surface area contributed by atoms with Crippen molar-refractivity contribution in [1.29, 1.82) is 0 Å². The van der Waals surface area contributed by atoms with E-state index in [0.717, 1.165) is 0 Å². The first-order chi connectivity index (χ1) is 9.88. The second kappa shape index (κ2) is 7.98. The molecular formula is C15H23ClN2O3. The highest BCUT2D eigenvalue weighted by molar-refractivity contribution is 6.32. The van der Waals surface area contributed by atoms with Gasteiger partial charge >= 0.3 is 0 Å². The highest BCUT2D eigenvalue weighted by Gasteiger charge is 2.16. The lowest BCUT2D eigenvalue weighted by atomic mass is 10.2. The van der Waals surface area contributed by atoms with E-state index in [1.165, 1.54) is 7.11 Å². The van der Waals surface area contributed by atoms with Crippen molar-refractivity contribution in [3.05, 3.63) is 17.2 Å². The van der Waals surface area contributed by atoms with Crippen LogP contribution in [0.2, 0.25) is 5.02 Å². The SMILES string of the molecule is COc1cc(NC(C)C(=O)NCC(C)C)c(OC)cc1Cl. The number of carbonyl (C=O) groups excluding carboxylic acids is 1. The Morgan fingerprint density at radius 2 is 1.81 bits per heavy atom. The third kappa shape index (κ3) is 5.01. The largest absolute Gasteiger partial charge is 0.495 e. The molecule has 1 atom stereocenters. The molecule has 0 aromatic heterocycles. The fourth-order valence-electron chi connectivity index (χ4n) is 1.73. The quantitative estimate of drug-likeness (QED) is 0.812. The number of nitrogens with one attached hydrogen (secondary N) is 2. The minimum Gasteiger partial charge on any atom is -0.495 e. The van der Waals surface area contributed by atoms with Crippen LogP contribution in [0.4, 0.5) is 5.69 Å². The molecule has 5 nitrogen and oxygen atoms in total. The van der Waals surface area contributed by atoms with Crippen LogP contribution in [0.15, 0.2) is 12.1 Å². The highest BCUT2D eigenvalue weighted by atomic mass is 35.5. The highest BCUT2D eigenvalue weighted by Crippen LogP contribution is 2.36.